The van der Waals surface area contributed by atoms with E-state index in [1.165, 1.54) is 0 Å². The van der Waals surface area contributed by atoms with E-state index in [2.05, 4.69) is 4.98 Å². The molecule has 0 radical (unpaired) electrons. The third-order valence-corrected chi connectivity index (χ3v) is 12.1. The van der Waals surface area contributed by atoms with Crippen LogP contribution in [0.4, 0.5) is 18.0 Å². The molecule has 2 aliphatic rings. The van der Waals surface area contributed by atoms with Crippen molar-refractivity contribution in [3.8, 4) is 0 Å². The lowest BCUT2D eigenvalue weighted by atomic mass is 9.85. The van der Waals surface area contributed by atoms with Crippen LogP contribution in [-0.2, 0) is 18.5 Å². The molecule has 0 N–H and O–H groups in total. The predicted octanol–water partition coefficient (Wildman–Crippen LogP) is 7.40. The molecule has 3 aromatic rings. The van der Waals surface area contributed by atoms with Crippen LogP contribution in [0.2, 0.25) is 0 Å². The highest BCUT2D eigenvalue weighted by Crippen LogP contribution is 2.70. The number of rotatable bonds is 6. The van der Waals surface area contributed by atoms with E-state index >= 15 is 0 Å². The monoisotopic (exact) mass is 608 g/mol. The number of carbonyl (C=O) groups excluding carboxylic acids is 1. The van der Waals surface area contributed by atoms with E-state index in [0.29, 0.717) is 6.42 Å². The minimum Gasteiger partial charge on any atom is -0.444 e. The first-order chi connectivity index (χ1) is 19.2. The minimum absolute atomic E-state index is 0.0261. The molecule has 3 atom stereocenters. The first kappa shape index (κ1) is 29.4. The van der Waals surface area contributed by atoms with Crippen LogP contribution in [0.1, 0.15) is 51.5 Å². The highest BCUT2D eigenvalue weighted by Gasteiger charge is 2.53. The first-order valence-electron chi connectivity index (χ1n) is 13.2. The fraction of sp³-hybridized carbons (Fsp3) is 0.379. The number of carbonyl (C=O) groups is 1. The van der Waals surface area contributed by atoms with Crippen LogP contribution in [0, 0.1) is 0 Å². The van der Waals surface area contributed by atoms with Gasteiger partial charge >= 0.3 is 21.7 Å². The summed E-state index contributed by atoms with van der Waals surface area (Å²) in [6, 6.07) is 19.2. The molecular weight excluding hydrogens is 577 g/mol. The van der Waals surface area contributed by atoms with Crippen molar-refractivity contribution < 1.29 is 34.7 Å². The van der Waals surface area contributed by atoms with Gasteiger partial charge in [0.05, 0.1) is 0 Å². The number of ether oxygens (including phenoxy) is 1. The number of halogens is 3. The average molecular weight is 609 g/mol. The topological polar surface area (TPSA) is 85.8 Å². The van der Waals surface area contributed by atoms with Crippen molar-refractivity contribution in [1.29, 1.82) is 0 Å². The van der Waals surface area contributed by atoms with Gasteiger partial charge in [0, 0.05) is 34.0 Å². The van der Waals surface area contributed by atoms with E-state index in [1.54, 1.807) is 83.9 Å². The Morgan fingerprint density at radius 2 is 1.49 bits per heavy atom. The van der Waals surface area contributed by atoms with Crippen LogP contribution in [0.15, 0.2) is 93.8 Å². The summed E-state index contributed by atoms with van der Waals surface area (Å²) in [5.74, 6) is -0.0412. The zero-order chi connectivity index (χ0) is 29.6. The summed E-state index contributed by atoms with van der Waals surface area (Å²) in [5.41, 5.74) is -5.46. The van der Waals surface area contributed by atoms with E-state index in [-0.39, 0.29) is 38.9 Å². The maximum Gasteiger partial charge on any atom is 0.524 e. The lowest BCUT2D eigenvalue weighted by molar-refractivity contribution is -0.0496. The van der Waals surface area contributed by atoms with Crippen LogP contribution >= 0.6 is 10.3 Å². The fourth-order valence-electron chi connectivity index (χ4n) is 5.62. The Labute approximate surface area is 239 Å². The molecule has 2 aromatic carbocycles. The van der Waals surface area contributed by atoms with Gasteiger partial charge < -0.3 is 9.64 Å². The number of benzene rings is 2. The molecule has 1 aromatic heterocycles. The number of pyridine rings is 1. The van der Waals surface area contributed by atoms with Gasteiger partial charge in [-0.2, -0.15) is 25.2 Å². The second-order valence-corrected chi connectivity index (χ2v) is 15.5. The summed E-state index contributed by atoms with van der Waals surface area (Å²) in [6.45, 7) is 5.45. The normalized spacial score (nSPS) is 21.6. The van der Waals surface area contributed by atoms with Gasteiger partial charge in [-0.15, -0.1) is 0 Å². The highest BCUT2D eigenvalue weighted by atomic mass is 32.3. The maximum absolute atomic E-state index is 13.7. The molecule has 0 aliphatic carbocycles. The van der Waals surface area contributed by atoms with Crippen molar-refractivity contribution in [2.24, 2.45) is 0 Å². The molecule has 12 heteroatoms. The summed E-state index contributed by atoms with van der Waals surface area (Å²) in [4.78, 5) is 19.8. The van der Waals surface area contributed by atoms with E-state index in [1.807, 2.05) is 20.8 Å². The summed E-state index contributed by atoms with van der Waals surface area (Å²) >= 11 is 0. The average Bonchev–Trinajstić information content (AvgIpc) is 3.50. The van der Waals surface area contributed by atoms with Crippen LogP contribution in [-0.4, -0.2) is 47.6 Å². The molecule has 2 saturated heterocycles. The van der Waals surface area contributed by atoms with Gasteiger partial charge in [0.25, 0.3) is 0 Å². The van der Waals surface area contributed by atoms with Crippen molar-refractivity contribution in [3.63, 3.8) is 0 Å². The van der Waals surface area contributed by atoms with E-state index < -0.39 is 31.5 Å². The Bertz CT molecular complexity index is 1460. The molecule has 41 heavy (non-hydrogen) atoms. The zero-order valence-corrected chi connectivity index (χ0v) is 24.4. The molecular formula is C29H31F3N2O5S2. The number of fused-ring (bicyclic) bond motifs is 2. The summed E-state index contributed by atoms with van der Waals surface area (Å²) in [6.07, 6.45) is 3.57. The van der Waals surface area contributed by atoms with Crippen LogP contribution in [0.25, 0.3) is 0 Å². The van der Waals surface area contributed by atoms with Crippen LogP contribution < -0.4 is 0 Å². The van der Waals surface area contributed by atoms with Crippen LogP contribution in [0.3, 0.4) is 0 Å². The number of amides is 1. The summed E-state index contributed by atoms with van der Waals surface area (Å²) < 4.78 is 77.1. The molecule has 2 aliphatic heterocycles. The Hall–Kier alpha value is -3.09. The van der Waals surface area contributed by atoms with Crippen molar-refractivity contribution in [2.75, 3.05) is 0 Å². The second-order valence-electron chi connectivity index (χ2n) is 11.1. The van der Waals surface area contributed by atoms with Gasteiger partial charge in [-0.3, -0.25) is 0 Å². The smallest absolute Gasteiger partial charge is 0.444 e. The number of hydrogen-bond donors (Lipinski definition) is 0. The molecule has 0 saturated carbocycles. The van der Waals surface area contributed by atoms with Gasteiger partial charge in [0.1, 0.15) is 10.6 Å². The fourth-order valence-corrected chi connectivity index (χ4v) is 10.2. The van der Waals surface area contributed by atoms with Crippen molar-refractivity contribution in [3.05, 3.63) is 84.6 Å². The molecule has 2 fully saturated rings. The Morgan fingerprint density at radius 3 is 1.98 bits per heavy atom. The van der Waals surface area contributed by atoms with Gasteiger partial charge in [0.15, 0.2) is 0 Å². The van der Waals surface area contributed by atoms with Gasteiger partial charge in [-0.1, -0.05) is 42.5 Å². The maximum atomic E-state index is 13.7. The standard InChI is InChI=1S/C29H31F3N2O5S2/c1-28(2,3)38-27(35)34-21-15-16-25(34)24(18-21)20-14-17-26(33-19-20)40(22-10-6-4-7-11-22,23-12-8-5-9-13-23)39-41(36,37)29(30,31)32/h4-14,17,19,21,24-25H,15-16,18H2,1-3H3/t21-,24+,25+/m0/s1. The van der Waals surface area contributed by atoms with Crippen molar-refractivity contribution >= 4 is 26.5 Å². The number of hydrogen-bond acceptors (Lipinski definition) is 6. The van der Waals surface area contributed by atoms with E-state index in [4.69, 9.17) is 8.37 Å². The molecule has 1 amide bonds. The van der Waals surface area contributed by atoms with Gasteiger partial charge in [-0.25, -0.2) is 9.78 Å². The van der Waals surface area contributed by atoms with E-state index in [9.17, 15) is 26.4 Å². The number of aromatic nitrogens is 1. The largest absolute Gasteiger partial charge is 0.524 e. The third kappa shape index (κ3) is 5.56. The molecule has 0 unspecified atom stereocenters. The van der Waals surface area contributed by atoms with Crippen LogP contribution in [0.5, 0.6) is 0 Å². The van der Waals surface area contributed by atoms with Crippen molar-refractivity contribution in [1.82, 2.24) is 9.88 Å². The zero-order valence-electron chi connectivity index (χ0n) is 22.7. The Balaban J connectivity index is 1.57. The lowest BCUT2D eigenvalue weighted by Crippen LogP contribution is -2.40. The van der Waals surface area contributed by atoms with Gasteiger partial charge in [-0.05, 0) is 86.2 Å². The molecule has 2 bridgehead atoms. The molecule has 7 nitrogen and oxygen atoms in total. The molecule has 3 heterocycles. The highest BCUT2D eigenvalue weighted by molar-refractivity contribution is 8.33. The van der Waals surface area contributed by atoms with Crippen molar-refractivity contribution in [2.45, 2.75) is 84.0 Å². The first-order valence-corrected chi connectivity index (χ1v) is 16.1. The number of alkyl halides is 3. The molecule has 220 valence electrons. The van der Waals surface area contributed by atoms with E-state index in [0.717, 1.165) is 18.4 Å². The molecule has 5 rings (SSSR count). The predicted molar refractivity (Wildman–Crippen MR) is 148 cm³/mol. The Kier molecular flexibility index (Phi) is 7.62. The Morgan fingerprint density at radius 1 is 0.902 bits per heavy atom. The second kappa shape index (κ2) is 10.6. The minimum atomic E-state index is -6.03. The SMILES string of the molecule is CC(C)(C)OC(=O)N1[C@H]2CC[C@@H]1[C@@H](c1ccc(S(OS(=O)(=O)C(F)(F)F)(c3ccccc3)c3ccccc3)nc1)C2. The summed E-state index contributed by atoms with van der Waals surface area (Å²) in [7, 11) is -9.50. The molecule has 0 spiro atoms. The van der Waals surface area contributed by atoms with Gasteiger partial charge in [0.2, 0.25) is 0 Å². The third-order valence-electron chi connectivity index (χ3n) is 7.25. The summed E-state index contributed by atoms with van der Waals surface area (Å²) in [5, 5.41) is 0.0543. The number of nitrogens with zero attached hydrogens (tertiary/aromatic N) is 2. The lowest BCUT2D eigenvalue weighted by Gasteiger charge is -2.38. The quantitative estimate of drug-likeness (QED) is 0.271.